The molecule has 2 fully saturated rings. The van der Waals surface area contributed by atoms with E-state index in [-0.39, 0.29) is 5.91 Å². The van der Waals surface area contributed by atoms with Gasteiger partial charge in [-0.05, 0) is 100 Å². The zero-order valence-corrected chi connectivity index (χ0v) is 17.6. The summed E-state index contributed by atoms with van der Waals surface area (Å²) >= 11 is 6.90. The first-order chi connectivity index (χ1) is 12.0. The maximum absolute atomic E-state index is 12.6. The van der Waals surface area contributed by atoms with E-state index in [1.807, 2.05) is 23.1 Å². The summed E-state index contributed by atoms with van der Waals surface area (Å²) in [6.07, 6.45) is 4.08. The highest BCUT2D eigenvalue weighted by Gasteiger charge is 2.31. The number of amides is 1. The lowest BCUT2D eigenvalue weighted by molar-refractivity contribution is -0.141. The van der Waals surface area contributed by atoms with Gasteiger partial charge in [-0.25, -0.2) is 0 Å². The Morgan fingerprint density at radius 3 is 2.40 bits per heavy atom. The highest BCUT2D eigenvalue weighted by Crippen LogP contribution is 2.31. The first-order valence-corrected chi connectivity index (χ1v) is 10.7. The normalized spacial score (nSPS) is 21.3. The van der Waals surface area contributed by atoms with Crippen molar-refractivity contribution in [2.24, 2.45) is 11.8 Å². The molecule has 0 unspecified atom stereocenters. The van der Waals surface area contributed by atoms with E-state index in [0.717, 1.165) is 65.4 Å². The summed E-state index contributed by atoms with van der Waals surface area (Å²) in [6.45, 7) is 3.83. The number of carbonyl (C=O) groups excluding carboxylic acids is 1. The average molecular weight is 474 g/mol. The predicted octanol–water partition coefficient (Wildman–Crippen LogP) is 3.35. The minimum Gasteiger partial charge on any atom is -0.383 e. The number of aliphatic hydroxyl groups is 1. The van der Waals surface area contributed by atoms with Crippen LogP contribution in [0.4, 0.5) is 0 Å². The van der Waals surface area contributed by atoms with Crippen LogP contribution in [0.25, 0.3) is 0 Å². The van der Waals surface area contributed by atoms with Crippen molar-refractivity contribution in [1.29, 1.82) is 0 Å². The standard InChI is InChI=1S/C19H26Br2N2O2/c20-16-2-1-13(11-17(16)21)12-18(24)19(25)23-9-5-15(6-10-23)14-3-7-22-8-4-14/h1-2,11,14-15,18,22,24H,3-10,12H2/t18-/m1/s1. The van der Waals surface area contributed by atoms with Gasteiger partial charge in [-0.15, -0.1) is 0 Å². The summed E-state index contributed by atoms with van der Waals surface area (Å²) in [4.78, 5) is 14.4. The van der Waals surface area contributed by atoms with Crippen LogP contribution in [0.2, 0.25) is 0 Å². The summed E-state index contributed by atoms with van der Waals surface area (Å²) in [5.74, 6) is 1.43. The third kappa shape index (κ3) is 5.06. The molecular weight excluding hydrogens is 448 g/mol. The van der Waals surface area contributed by atoms with Crippen LogP contribution in [-0.2, 0) is 11.2 Å². The van der Waals surface area contributed by atoms with Crippen molar-refractivity contribution in [1.82, 2.24) is 10.2 Å². The first kappa shape index (κ1) is 19.3. The Labute approximate surface area is 166 Å². The van der Waals surface area contributed by atoms with Gasteiger partial charge in [0.1, 0.15) is 6.10 Å². The Morgan fingerprint density at radius 1 is 1.12 bits per heavy atom. The molecule has 25 heavy (non-hydrogen) atoms. The third-order valence-electron chi connectivity index (χ3n) is 5.60. The third-order valence-corrected chi connectivity index (χ3v) is 7.48. The molecule has 2 aliphatic rings. The smallest absolute Gasteiger partial charge is 0.251 e. The Kier molecular flexibility index (Phi) is 6.94. The lowest BCUT2D eigenvalue weighted by Crippen LogP contribution is -2.46. The molecule has 0 bridgehead atoms. The maximum Gasteiger partial charge on any atom is 0.251 e. The number of hydrogen-bond donors (Lipinski definition) is 2. The second-order valence-corrected chi connectivity index (χ2v) is 8.93. The van der Waals surface area contributed by atoms with E-state index >= 15 is 0 Å². The van der Waals surface area contributed by atoms with Gasteiger partial charge in [0, 0.05) is 28.5 Å². The molecule has 1 atom stereocenters. The number of nitrogens with one attached hydrogen (secondary N) is 1. The van der Waals surface area contributed by atoms with Crippen LogP contribution in [0.1, 0.15) is 31.2 Å². The number of likely N-dealkylation sites (tertiary alicyclic amines) is 1. The molecule has 0 aliphatic carbocycles. The molecule has 2 heterocycles. The molecule has 6 heteroatoms. The predicted molar refractivity (Wildman–Crippen MR) is 106 cm³/mol. The fourth-order valence-corrected chi connectivity index (χ4v) is 4.77. The van der Waals surface area contributed by atoms with Crippen molar-refractivity contribution in [3.05, 3.63) is 32.7 Å². The number of benzene rings is 1. The lowest BCUT2D eigenvalue weighted by atomic mass is 9.79. The van der Waals surface area contributed by atoms with Crippen molar-refractivity contribution in [2.75, 3.05) is 26.2 Å². The van der Waals surface area contributed by atoms with Crippen LogP contribution in [0.15, 0.2) is 27.1 Å². The van der Waals surface area contributed by atoms with Gasteiger partial charge >= 0.3 is 0 Å². The van der Waals surface area contributed by atoms with E-state index in [2.05, 4.69) is 37.2 Å². The van der Waals surface area contributed by atoms with Crippen LogP contribution in [0.3, 0.4) is 0 Å². The first-order valence-electron chi connectivity index (χ1n) is 9.16. The van der Waals surface area contributed by atoms with E-state index in [4.69, 9.17) is 0 Å². The van der Waals surface area contributed by atoms with Crippen molar-refractivity contribution < 1.29 is 9.90 Å². The number of halogens is 2. The van der Waals surface area contributed by atoms with Crippen molar-refractivity contribution in [2.45, 2.75) is 38.2 Å². The molecule has 0 radical (unpaired) electrons. The molecule has 1 aromatic rings. The molecule has 0 spiro atoms. The zero-order chi connectivity index (χ0) is 17.8. The van der Waals surface area contributed by atoms with E-state index < -0.39 is 6.10 Å². The molecule has 0 saturated carbocycles. The van der Waals surface area contributed by atoms with Gasteiger partial charge < -0.3 is 15.3 Å². The summed E-state index contributed by atoms with van der Waals surface area (Å²) in [6, 6.07) is 5.82. The van der Waals surface area contributed by atoms with Crippen LogP contribution in [0.5, 0.6) is 0 Å². The Morgan fingerprint density at radius 2 is 1.76 bits per heavy atom. The molecule has 138 valence electrons. The second-order valence-electron chi connectivity index (χ2n) is 7.22. The second kappa shape index (κ2) is 8.98. The molecule has 3 rings (SSSR count). The fraction of sp³-hybridized carbons (Fsp3) is 0.632. The van der Waals surface area contributed by atoms with Crippen molar-refractivity contribution in [3.8, 4) is 0 Å². The number of hydrogen-bond acceptors (Lipinski definition) is 3. The largest absolute Gasteiger partial charge is 0.383 e. The summed E-state index contributed by atoms with van der Waals surface area (Å²) in [5, 5.41) is 13.8. The van der Waals surface area contributed by atoms with E-state index in [1.165, 1.54) is 12.8 Å². The Hall–Kier alpha value is -0.430. The highest BCUT2D eigenvalue weighted by molar-refractivity contribution is 9.13. The lowest BCUT2D eigenvalue weighted by Gasteiger charge is -2.38. The van der Waals surface area contributed by atoms with Gasteiger partial charge in [-0.2, -0.15) is 0 Å². The van der Waals surface area contributed by atoms with Gasteiger partial charge in [-0.1, -0.05) is 6.07 Å². The number of piperidine rings is 2. The van der Waals surface area contributed by atoms with Crippen LogP contribution in [0, 0.1) is 11.8 Å². The van der Waals surface area contributed by atoms with Crippen LogP contribution >= 0.6 is 31.9 Å². The summed E-state index contributed by atoms with van der Waals surface area (Å²) < 4.78 is 1.91. The summed E-state index contributed by atoms with van der Waals surface area (Å²) in [5.41, 5.74) is 0.959. The molecular formula is C19H26Br2N2O2. The van der Waals surface area contributed by atoms with E-state index in [9.17, 15) is 9.90 Å². The molecule has 2 N–H and O–H groups in total. The van der Waals surface area contributed by atoms with Crippen molar-refractivity contribution >= 4 is 37.8 Å². The van der Waals surface area contributed by atoms with Crippen molar-refractivity contribution in [3.63, 3.8) is 0 Å². The Bertz CT molecular complexity index is 597. The molecule has 1 amide bonds. The molecule has 2 saturated heterocycles. The van der Waals surface area contributed by atoms with E-state index in [0.29, 0.717) is 6.42 Å². The quantitative estimate of drug-likeness (QED) is 0.704. The molecule has 2 aliphatic heterocycles. The molecule has 4 nitrogen and oxygen atoms in total. The monoisotopic (exact) mass is 472 g/mol. The molecule has 1 aromatic carbocycles. The average Bonchev–Trinajstić information content (AvgIpc) is 2.65. The topological polar surface area (TPSA) is 52.6 Å². The van der Waals surface area contributed by atoms with Gasteiger partial charge in [0.15, 0.2) is 0 Å². The number of nitrogens with zero attached hydrogens (tertiary/aromatic N) is 1. The van der Waals surface area contributed by atoms with Crippen LogP contribution < -0.4 is 5.32 Å². The number of aliphatic hydroxyl groups excluding tert-OH is 1. The minimum atomic E-state index is -0.955. The number of rotatable bonds is 4. The van der Waals surface area contributed by atoms with E-state index in [1.54, 1.807) is 0 Å². The highest BCUT2D eigenvalue weighted by atomic mass is 79.9. The number of carbonyl (C=O) groups is 1. The summed E-state index contributed by atoms with van der Waals surface area (Å²) in [7, 11) is 0. The van der Waals surface area contributed by atoms with Gasteiger partial charge in [-0.3, -0.25) is 4.79 Å². The molecule has 0 aromatic heterocycles. The maximum atomic E-state index is 12.6. The van der Waals surface area contributed by atoms with Gasteiger partial charge in [0.05, 0.1) is 0 Å². The van der Waals surface area contributed by atoms with Gasteiger partial charge in [0.25, 0.3) is 5.91 Å². The fourth-order valence-electron chi connectivity index (χ4n) is 4.09. The van der Waals surface area contributed by atoms with Crippen LogP contribution in [-0.4, -0.2) is 48.2 Å². The minimum absolute atomic E-state index is 0.122. The zero-order valence-electron chi connectivity index (χ0n) is 14.4. The Balaban J connectivity index is 1.50. The van der Waals surface area contributed by atoms with Gasteiger partial charge in [0.2, 0.25) is 0 Å². The SMILES string of the molecule is O=C([C@H](O)Cc1ccc(Br)c(Br)c1)N1CCC(C2CCNCC2)CC1.